The van der Waals surface area contributed by atoms with Crippen molar-refractivity contribution >= 4 is 31.8 Å². The lowest BCUT2D eigenvalue weighted by atomic mass is 9.92. The number of carbonyl (C=O) groups is 1. The summed E-state index contributed by atoms with van der Waals surface area (Å²) in [7, 11) is 1.14. The summed E-state index contributed by atoms with van der Waals surface area (Å²) in [6, 6.07) is 3.52. The van der Waals surface area contributed by atoms with Crippen LogP contribution in [-0.2, 0) is 13.8 Å². The van der Waals surface area contributed by atoms with E-state index in [4.69, 9.17) is 20.5 Å². The second-order valence-electron chi connectivity index (χ2n) is 4.84. The van der Waals surface area contributed by atoms with Gasteiger partial charge in [-0.2, -0.15) is 13.2 Å². The van der Waals surface area contributed by atoms with Crippen LogP contribution >= 0.6 is 10.7 Å². The molecule has 0 saturated heterocycles. The van der Waals surface area contributed by atoms with Crippen molar-refractivity contribution < 1.29 is 36.2 Å². The maximum absolute atomic E-state index is 13.0. The molecule has 23 heavy (non-hydrogen) atoms. The van der Waals surface area contributed by atoms with Gasteiger partial charge in [-0.3, -0.25) is 4.79 Å². The van der Waals surface area contributed by atoms with E-state index in [1.807, 2.05) is 0 Å². The summed E-state index contributed by atoms with van der Waals surface area (Å²) in [6.45, 7) is -0.433. The van der Waals surface area contributed by atoms with Crippen LogP contribution in [0.2, 0.25) is 0 Å². The van der Waals surface area contributed by atoms with E-state index in [-0.39, 0.29) is 21.8 Å². The first-order chi connectivity index (χ1) is 10.5. The fourth-order valence-electron chi connectivity index (χ4n) is 2.16. The van der Waals surface area contributed by atoms with Gasteiger partial charge in [0, 0.05) is 16.2 Å². The predicted octanol–water partition coefficient (Wildman–Crippen LogP) is 3.04. The number of benzene rings is 1. The van der Waals surface area contributed by atoms with E-state index in [1.54, 1.807) is 0 Å². The molecule has 0 radical (unpaired) electrons. The number of rotatable bonds is 4. The molecule has 0 saturated carbocycles. The van der Waals surface area contributed by atoms with Crippen molar-refractivity contribution in [2.75, 3.05) is 6.61 Å². The first kappa shape index (κ1) is 17.6. The first-order valence-electron chi connectivity index (χ1n) is 6.19. The minimum Gasteiger partial charge on any atom is -0.489 e. The molecule has 1 atom stereocenters. The highest BCUT2D eigenvalue weighted by molar-refractivity contribution is 8.13. The van der Waals surface area contributed by atoms with Crippen LogP contribution in [0.5, 0.6) is 5.75 Å². The number of ether oxygens (including phenoxy) is 1. The molecule has 1 aromatic carbocycles. The SMILES string of the molecule is O=C(O)CC(C1=Cc2cc(S(=O)(=O)Cl)ccc2OC1)C(F)(F)F. The van der Waals surface area contributed by atoms with Gasteiger partial charge >= 0.3 is 12.1 Å². The zero-order valence-corrected chi connectivity index (χ0v) is 12.9. The lowest BCUT2D eigenvalue weighted by molar-refractivity contribution is -0.174. The Kier molecular flexibility index (Phi) is 4.63. The summed E-state index contributed by atoms with van der Waals surface area (Å²) in [5.74, 6) is -3.63. The molecule has 1 unspecified atom stereocenters. The molecular weight excluding hydrogens is 361 g/mol. The van der Waals surface area contributed by atoms with E-state index in [0.717, 1.165) is 12.1 Å². The molecule has 5 nitrogen and oxygen atoms in total. The molecule has 0 amide bonds. The van der Waals surface area contributed by atoms with Gasteiger partial charge < -0.3 is 9.84 Å². The number of carboxylic acids is 1. The van der Waals surface area contributed by atoms with Crippen LogP contribution in [0, 0.1) is 5.92 Å². The lowest BCUT2D eigenvalue weighted by Crippen LogP contribution is -2.30. The number of fused-ring (bicyclic) bond motifs is 1. The summed E-state index contributed by atoms with van der Waals surface area (Å²) >= 11 is 0. The third kappa shape index (κ3) is 4.17. The van der Waals surface area contributed by atoms with Gasteiger partial charge in [0.2, 0.25) is 0 Å². The number of halogens is 4. The van der Waals surface area contributed by atoms with Crippen molar-refractivity contribution in [3.05, 3.63) is 29.3 Å². The molecule has 0 fully saturated rings. The zero-order chi connectivity index (χ0) is 17.4. The van der Waals surface area contributed by atoms with Gasteiger partial charge in [0.25, 0.3) is 9.05 Å². The molecule has 0 spiro atoms. The molecule has 126 valence electrons. The predicted molar refractivity (Wildman–Crippen MR) is 74.8 cm³/mol. The van der Waals surface area contributed by atoms with E-state index in [9.17, 15) is 26.4 Å². The van der Waals surface area contributed by atoms with Crippen LogP contribution in [0.1, 0.15) is 12.0 Å². The Bertz CT molecular complexity index is 770. The second-order valence-corrected chi connectivity index (χ2v) is 7.40. The van der Waals surface area contributed by atoms with E-state index >= 15 is 0 Å². The Hall–Kier alpha value is -1.74. The molecule has 1 aliphatic heterocycles. The Morgan fingerprint density at radius 1 is 1.39 bits per heavy atom. The van der Waals surface area contributed by atoms with Crippen molar-refractivity contribution in [2.24, 2.45) is 5.92 Å². The largest absolute Gasteiger partial charge is 0.489 e. The van der Waals surface area contributed by atoms with Crippen LogP contribution < -0.4 is 4.74 Å². The van der Waals surface area contributed by atoms with Crippen molar-refractivity contribution in [2.45, 2.75) is 17.5 Å². The quantitative estimate of drug-likeness (QED) is 0.824. The number of aliphatic carboxylic acids is 1. The number of carboxylic acid groups (broad SMARTS) is 1. The molecule has 10 heteroatoms. The van der Waals surface area contributed by atoms with Crippen LogP contribution in [-0.4, -0.2) is 32.3 Å². The fraction of sp³-hybridized carbons (Fsp3) is 0.308. The highest BCUT2D eigenvalue weighted by Gasteiger charge is 2.44. The minimum absolute atomic E-state index is 0.0904. The van der Waals surface area contributed by atoms with Gasteiger partial charge in [-0.05, 0) is 29.8 Å². The number of alkyl halides is 3. The fourth-order valence-corrected chi connectivity index (χ4v) is 2.94. The van der Waals surface area contributed by atoms with Gasteiger partial charge in [-0.25, -0.2) is 8.42 Å². The summed E-state index contributed by atoms with van der Waals surface area (Å²) < 4.78 is 66.8. The smallest absolute Gasteiger partial charge is 0.396 e. The van der Waals surface area contributed by atoms with E-state index < -0.39 is 40.1 Å². The van der Waals surface area contributed by atoms with Crippen molar-refractivity contribution in [1.29, 1.82) is 0 Å². The molecule has 0 aliphatic carbocycles. The molecule has 1 N–H and O–H groups in total. The monoisotopic (exact) mass is 370 g/mol. The third-order valence-corrected chi connectivity index (χ3v) is 4.57. The van der Waals surface area contributed by atoms with Crippen LogP contribution in [0.15, 0.2) is 28.7 Å². The average Bonchev–Trinajstić information content (AvgIpc) is 2.41. The highest BCUT2D eigenvalue weighted by atomic mass is 35.7. The Labute approximate surface area is 133 Å². The van der Waals surface area contributed by atoms with E-state index in [0.29, 0.717) is 0 Å². The topological polar surface area (TPSA) is 80.7 Å². The van der Waals surface area contributed by atoms with E-state index in [2.05, 4.69) is 0 Å². The van der Waals surface area contributed by atoms with Gasteiger partial charge in [-0.15, -0.1) is 0 Å². The summed E-state index contributed by atoms with van der Waals surface area (Å²) in [5, 5.41) is 8.66. The normalized spacial score (nSPS) is 16.1. The maximum atomic E-state index is 13.0. The first-order valence-corrected chi connectivity index (χ1v) is 8.50. The molecular formula is C13H10ClF3O5S. The maximum Gasteiger partial charge on any atom is 0.396 e. The summed E-state index contributed by atoms with van der Waals surface area (Å²) in [5.41, 5.74) is -0.205. The van der Waals surface area contributed by atoms with Gasteiger partial charge in [0.05, 0.1) is 17.2 Å². The third-order valence-electron chi connectivity index (χ3n) is 3.22. The van der Waals surface area contributed by atoms with Crippen molar-refractivity contribution in [3.8, 4) is 5.75 Å². The molecule has 1 heterocycles. The molecule has 2 rings (SSSR count). The highest BCUT2D eigenvalue weighted by Crippen LogP contribution is 2.39. The zero-order valence-electron chi connectivity index (χ0n) is 11.3. The lowest BCUT2D eigenvalue weighted by Gasteiger charge is -2.25. The average molecular weight is 371 g/mol. The molecule has 0 aromatic heterocycles. The molecule has 1 aromatic rings. The van der Waals surface area contributed by atoms with Crippen LogP contribution in [0.3, 0.4) is 0 Å². The van der Waals surface area contributed by atoms with Crippen LogP contribution in [0.25, 0.3) is 6.08 Å². The summed E-state index contributed by atoms with van der Waals surface area (Å²) in [6.07, 6.45) is -4.81. The van der Waals surface area contributed by atoms with Gasteiger partial charge in [0.1, 0.15) is 12.4 Å². The second kappa shape index (κ2) is 6.04. The van der Waals surface area contributed by atoms with E-state index in [1.165, 1.54) is 12.1 Å². The van der Waals surface area contributed by atoms with Crippen molar-refractivity contribution in [1.82, 2.24) is 0 Å². The Morgan fingerprint density at radius 3 is 2.57 bits per heavy atom. The Balaban J connectivity index is 2.47. The molecule has 0 bridgehead atoms. The van der Waals surface area contributed by atoms with Crippen LogP contribution in [0.4, 0.5) is 13.2 Å². The number of hydrogen-bond acceptors (Lipinski definition) is 4. The van der Waals surface area contributed by atoms with Crippen molar-refractivity contribution in [3.63, 3.8) is 0 Å². The minimum atomic E-state index is -4.76. The standard InChI is InChI=1S/C13H10ClF3O5S/c14-23(20,21)9-1-2-11-7(4-9)3-8(6-22-11)10(5-12(18)19)13(15,16)17/h1-4,10H,5-6H2,(H,18,19). The Morgan fingerprint density at radius 2 is 2.04 bits per heavy atom. The number of hydrogen-bond donors (Lipinski definition) is 1. The van der Waals surface area contributed by atoms with Gasteiger partial charge in [-0.1, -0.05) is 0 Å². The van der Waals surface area contributed by atoms with Gasteiger partial charge in [0.15, 0.2) is 0 Å². The molecule has 1 aliphatic rings. The summed E-state index contributed by atoms with van der Waals surface area (Å²) in [4.78, 5) is 10.4.